The minimum absolute atomic E-state index is 0.264. The van der Waals surface area contributed by atoms with E-state index in [0.717, 1.165) is 0 Å². The first-order valence-electron chi connectivity index (χ1n) is 6.61. The van der Waals surface area contributed by atoms with Crippen LogP contribution in [0.2, 0.25) is 0 Å². The summed E-state index contributed by atoms with van der Waals surface area (Å²) in [7, 11) is -2.03. The predicted octanol–water partition coefficient (Wildman–Crippen LogP) is 2.74. The first-order chi connectivity index (χ1) is 10.1. The zero-order valence-electron chi connectivity index (χ0n) is 12.0. The SMILES string of the molecule is CCOP(=O)(c1ccccc1)c1ccccc1C(=O)OC. The van der Waals surface area contributed by atoms with Crippen LogP contribution in [0.4, 0.5) is 0 Å². The van der Waals surface area contributed by atoms with Crippen molar-refractivity contribution in [1.82, 2.24) is 0 Å². The molecular weight excluding hydrogens is 287 g/mol. The van der Waals surface area contributed by atoms with Crippen LogP contribution in [0.1, 0.15) is 17.3 Å². The molecule has 0 amide bonds. The number of rotatable bonds is 5. The number of carbonyl (C=O) groups excluding carboxylic acids is 1. The molecule has 0 bridgehead atoms. The third kappa shape index (κ3) is 3.07. The maximum Gasteiger partial charge on any atom is 0.338 e. The minimum Gasteiger partial charge on any atom is -0.465 e. The molecule has 0 spiro atoms. The van der Waals surface area contributed by atoms with Gasteiger partial charge >= 0.3 is 5.97 Å². The van der Waals surface area contributed by atoms with Crippen molar-refractivity contribution in [3.8, 4) is 0 Å². The van der Waals surface area contributed by atoms with Crippen LogP contribution in [0.15, 0.2) is 54.6 Å². The lowest BCUT2D eigenvalue weighted by atomic mass is 10.2. The molecule has 0 saturated heterocycles. The molecule has 2 aromatic carbocycles. The Morgan fingerprint density at radius 2 is 1.67 bits per heavy atom. The van der Waals surface area contributed by atoms with Crippen LogP contribution >= 0.6 is 7.37 Å². The highest BCUT2D eigenvalue weighted by atomic mass is 31.2. The molecule has 2 aromatic rings. The molecule has 0 radical (unpaired) electrons. The molecule has 110 valence electrons. The molecule has 0 saturated carbocycles. The van der Waals surface area contributed by atoms with Crippen LogP contribution in [0, 0.1) is 0 Å². The summed E-state index contributed by atoms with van der Waals surface area (Å²) in [6.07, 6.45) is 0. The van der Waals surface area contributed by atoms with E-state index in [-0.39, 0.29) is 12.2 Å². The lowest BCUT2D eigenvalue weighted by Gasteiger charge is -2.20. The van der Waals surface area contributed by atoms with E-state index in [1.807, 2.05) is 6.07 Å². The Hall–Kier alpha value is -1.90. The van der Waals surface area contributed by atoms with E-state index in [4.69, 9.17) is 9.26 Å². The second kappa shape index (κ2) is 6.70. The van der Waals surface area contributed by atoms with Gasteiger partial charge in [-0.3, -0.25) is 4.57 Å². The standard InChI is InChI=1S/C16H17O4P/c1-3-20-21(18,13-9-5-4-6-10-13)15-12-8-7-11-14(15)16(17)19-2/h4-12H,3H2,1-2H3. The molecule has 1 unspecified atom stereocenters. The number of methoxy groups -OCH3 is 1. The van der Waals surface area contributed by atoms with E-state index >= 15 is 0 Å². The van der Waals surface area contributed by atoms with Crippen molar-refractivity contribution in [3.63, 3.8) is 0 Å². The minimum atomic E-state index is -3.33. The van der Waals surface area contributed by atoms with E-state index in [2.05, 4.69) is 0 Å². The fourth-order valence-corrected chi connectivity index (χ4v) is 4.36. The molecular formula is C16H17O4P. The van der Waals surface area contributed by atoms with E-state index in [0.29, 0.717) is 10.6 Å². The van der Waals surface area contributed by atoms with Gasteiger partial charge < -0.3 is 9.26 Å². The van der Waals surface area contributed by atoms with Crippen LogP contribution in [0.3, 0.4) is 0 Å². The van der Waals surface area contributed by atoms with E-state index < -0.39 is 13.3 Å². The van der Waals surface area contributed by atoms with Crippen molar-refractivity contribution in [2.24, 2.45) is 0 Å². The molecule has 0 fully saturated rings. The van der Waals surface area contributed by atoms with Gasteiger partial charge in [0.25, 0.3) is 7.37 Å². The Morgan fingerprint density at radius 1 is 1.05 bits per heavy atom. The fourth-order valence-electron chi connectivity index (χ4n) is 2.10. The smallest absolute Gasteiger partial charge is 0.338 e. The molecule has 0 aromatic heterocycles. The third-order valence-electron chi connectivity index (χ3n) is 3.03. The van der Waals surface area contributed by atoms with E-state index in [1.165, 1.54) is 7.11 Å². The van der Waals surface area contributed by atoms with Gasteiger partial charge in [-0.25, -0.2) is 4.79 Å². The predicted molar refractivity (Wildman–Crippen MR) is 82.7 cm³/mol. The lowest BCUT2D eigenvalue weighted by Crippen LogP contribution is -2.24. The average molecular weight is 304 g/mol. The van der Waals surface area contributed by atoms with Crippen LogP contribution in [0.5, 0.6) is 0 Å². The van der Waals surface area contributed by atoms with Crippen LogP contribution in [-0.2, 0) is 13.8 Å². The Kier molecular flexibility index (Phi) is 4.94. The zero-order valence-corrected chi connectivity index (χ0v) is 12.9. The molecule has 0 aliphatic carbocycles. The zero-order chi connectivity index (χ0) is 15.3. The van der Waals surface area contributed by atoms with Gasteiger partial charge in [0.2, 0.25) is 0 Å². The van der Waals surface area contributed by atoms with Gasteiger partial charge in [0.05, 0.1) is 24.6 Å². The molecule has 4 nitrogen and oxygen atoms in total. The molecule has 0 heterocycles. The highest BCUT2D eigenvalue weighted by Crippen LogP contribution is 2.45. The van der Waals surface area contributed by atoms with Gasteiger partial charge in [0, 0.05) is 5.30 Å². The van der Waals surface area contributed by atoms with Crippen molar-refractivity contribution in [2.45, 2.75) is 6.92 Å². The van der Waals surface area contributed by atoms with Gasteiger partial charge in [-0.2, -0.15) is 0 Å². The largest absolute Gasteiger partial charge is 0.465 e. The van der Waals surface area contributed by atoms with Crippen molar-refractivity contribution < 1.29 is 18.6 Å². The summed E-state index contributed by atoms with van der Waals surface area (Å²) in [6, 6.07) is 15.6. The van der Waals surface area contributed by atoms with Crippen LogP contribution < -0.4 is 10.6 Å². The quantitative estimate of drug-likeness (QED) is 0.629. The normalized spacial score (nSPS) is 13.4. The van der Waals surface area contributed by atoms with Gasteiger partial charge in [-0.05, 0) is 31.2 Å². The summed E-state index contributed by atoms with van der Waals surface area (Å²) in [6.45, 7) is 2.05. The van der Waals surface area contributed by atoms with Crippen molar-refractivity contribution in [2.75, 3.05) is 13.7 Å². The summed E-state index contributed by atoms with van der Waals surface area (Å²) < 4.78 is 23.8. The topological polar surface area (TPSA) is 52.6 Å². The number of esters is 1. The number of hydrogen-bond donors (Lipinski definition) is 0. The number of carbonyl (C=O) groups is 1. The first kappa shape index (κ1) is 15.5. The second-order valence-electron chi connectivity index (χ2n) is 4.31. The number of hydrogen-bond acceptors (Lipinski definition) is 4. The molecule has 0 aliphatic rings. The van der Waals surface area contributed by atoms with Gasteiger partial charge in [-0.15, -0.1) is 0 Å². The Labute approximate surface area is 124 Å². The van der Waals surface area contributed by atoms with E-state index in [9.17, 15) is 9.36 Å². The molecule has 2 rings (SSSR count). The van der Waals surface area contributed by atoms with Gasteiger partial charge in [-0.1, -0.05) is 30.3 Å². The second-order valence-corrected chi connectivity index (χ2v) is 6.67. The average Bonchev–Trinajstić information content (AvgIpc) is 2.55. The summed E-state index contributed by atoms with van der Waals surface area (Å²) >= 11 is 0. The first-order valence-corrected chi connectivity index (χ1v) is 8.24. The Bertz CT molecular complexity index is 667. The molecule has 5 heteroatoms. The van der Waals surface area contributed by atoms with Crippen molar-refractivity contribution in [1.29, 1.82) is 0 Å². The number of ether oxygens (including phenoxy) is 1. The molecule has 0 N–H and O–H groups in total. The van der Waals surface area contributed by atoms with Crippen LogP contribution in [-0.4, -0.2) is 19.7 Å². The molecule has 21 heavy (non-hydrogen) atoms. The fraction of sp³-hybridized carbons (Fsp3) is 0.188. The number of benzene rings is 2. The third-order valence-corrected chi connectivity index (χ3v) is 5.66. The monoisotopic (exact) mass is 304 g/mol. The van der Waals surface area contributed by atoms with E-state index in [1.54, 1.807) is 55.5 Å². The van der Waals surface area contributed by atoms with Crippen molar-refractivity contribution in [3.05, 3.63) is 60.2 Å². The highest BCUT2D eigenvalue weighted by molar-refractivity contribution is 7.74. The summed E-state index contributed by atoms with van der Waals surface area (Å²) in [5, 5.41) is 0.924. The maximum atomic E-state index is 13.4. The summed E-state index contributed by atoms with van der Waals surface area (Å²) in [5.74, 6) is -0.526. The Morgan fingerprint density at radius 3 is 2.29 bits per heavy atom. The summed E-state index contributed by atoms with van der Waals surface area (Å²) in [5.41, 5.74) is 0.264. The lowest BCUT2D eigenvalue weighted by molar-refractivity contribution is 0.0602. The maximum absolute atomic E-state index is 13.4. The highest BCUT2D eigenvalue weighted by Gasteiger charge is 2.32. The van der Waals surface area contributed by atoms with Gasteiger partial charge in [0.15, 0.2) is 0 Å². The van der Waals surface area contributed by atoms with Crippen molar-refractivity contribution >= 4 is 23.9 Å². The summed E-state index contributed by atoms with van der Waals surface area (Å²) in [4.78, 5) is 11.9. The van der Waals surface area contributed by atoms with Gasteiger partial charge in [0.1, 0.15) is 0 Å². The molecule has 0 aliphatic heterocycles. The Balaban J connectivity index is 2.65. The molecule has 1 atom stereocenters. The van der Waals surface area contributed by atoms with Crippen LogP contribution in [0.25, 0.3) is 0 Å².